The van der Waals surface area contributed by atoms with Gasteiger partial charge in [0.25, 0.3) is 11.7 Å². The molecule has 0 radical (unpaired) electrons. The molecule has 3 heterocycles. The third-order valence-electron chi connectivity index (χ3n) is 4.70. The molecule has 0 atom stereocenters. The molecule has 140 valence electrons. The summed E-state index contributed by atoms with van der Waals surface area (Å²) in [5, 5.41) is 4.39. The molecule has 0 unspecified atom stereocenters. The van der Waals surface area contributed by atoms with Crippen molar-refractivity contribution in [3.05, 3.63) is 52.7 Å². The molecule has 1 aromatic carbocycles. The molecule has 1 saturated heterocycles. The minimum atomic E-state index is -0.456. The maximum Gasteiger partial charge on any atom is 0.255 e. The van der Waals surface area contributed by atoms with E-state index in [1.54, 1.807) is 9.42 Å². The summed E-state index contributed by atoms with van der Waals surface area (Å²) in [5.74, 6) is 0.847. The molecular formula is C18H18ClFN6O. The van der Waals surface area contributed by atoms with Crippen LogP contribution in [0.2, 0.25) is 5.02 Å². The van der Waals surface area contributed by atoms with Crippen LogP contribution >= 0.6 is 11.6 Å². The lowest BCUT2D eigenvalue weighted by atomic mass is 10.1. The van der Waals surface area contributed by atoms with Gasteiger partial charge in [-0.15, -0.1) is 0 Å². The van der Waals surface area contributed by atoms with Gasteiger partial charge in [-0.3, -0.25) is 4.79 Å². The van der Waals surface area contributed by atoms with Crippen LogP contribution in [0.25, 0.3) is 5.78 Å². The first-order valence-electron chi connectivity index (χ1n) is 8.75. The topological polar surface area (TPSA) is 66.6 Å². The van der Waals surface area contributed by atoms with E-state index in [1.807, 2.05) is 13.0 Å². The number of benzene rings is 1. The van der Waals surface area contributed by atoms with Crippen molar-refractivity contribution in [1.29, 1.82) is 0 Å². The standard InChI is InChI=1S/C18H18ClFN6O/c1-2-13-10-16(26-18(23-13)21-11-22-26)24-5-7-25(8-6-24)17(27)14-4-3-12(20)9-15(14)19/h3-4,9-11H,2,5-8H2,1H3. The second kappa shape index (κ2) is 7.11. The van der Waals surface area contributed by atoms with Crippen molar-refractivity contribution in [2.24, 2.45) is 0 Å². The lowest BCUT2D eigenvalue weighted by Crippen LogP contribution is -2.49. The molecule has 0 N–H and O–H groups in total. The predicted molar refractivity (Wildman–Crippen MR) is 99.7 cm³/mol. The fourth-order valence-electron chi connectivity index (χ4n) is 3.22. The summed E-state index contributed by atoms with van der Waals surface area (Å²) in [4.78, 5) is 25.3. The SMILES string of the molecule is CCc1cc(N2CCN(C(=O)c3ccc(F)cc3Cl)CC2)n2ncnc2n1. The zero-order valence-electron chi connectivity index (χ0n) is 14.8. The summed E-state index contributed by atoms with van der Waals surface area (Å²) < 4.78 is 14.9. The quantitative estimate of drug-likeness (QED) is 0.689. The van der Waals surface area contributed by atoms with Crippen LogP contribution in [0, 0.1) is 5.82 Å². The minimum absolute atomic E-state index is 0.133. The molecular weight excluding hydrogens is 371 g/mol. The lowest BCUT2D eigenvalue weighted by molar-refractivity contribution is 0.0746. The van der Waals surface area contributed by atoms with Gasteiger partial charge in [0.05, 0.1) is 10.6 Å². The molecule has 0 aliphatic carbocycles. The van der Waals surface area contributed by atoms with Gasteiger partial charge in [0.1, 0.15) is 18.0 Å². The molecule has 0 spiro atoms. The highest BCUT2D eigenvalue weighted by molar-refractivity contribution is 6.33. The summed E-state index contributed by atoms with van der Waals surface area (Å²) in [6.07, 6.45) is 2.29. The van der Waals surface area contributed by atoms with E-state index >= 15 is 0 Å². The fourth-order valence-corrected chi connectivity index (χ4v) is 3.47. The first-order valence-corrected chi connectivity index (χ1v) is 9.13. The van der Waals surface area contributed by atoms with E-state index in [0.717, 1.165) is 24.0 Å². The number of halogens is 2. The summed E-state index contributed by atoms with van der Waals surface area (Å²) in [6, 6.07) is 5.85. The van der Waals surface area contributed by atoms with Gasteiger partial charge < -0.3 is 9.80 Å². The highest BCUT2D eigenvalue weighted by Crippen LogP contribution is 2.22. The molecule has 1 aliphatic heterocycles. The molecule has 1 aliphatic rings. The van der Waals surface area contributed by atoms with Gasteiger partial charge in [0.2, 0.25) is 0 Å². The van der Waals surface area contributed by atoms with Crippen molar-refractivity contribution in [3.63, 3.8) is 0 Å². The van der Waals surface area contributed by atoms with Crippen molar-refractivity contribution in [2.45, 2.75) is 13.3 Å². The number of anilines is 1. The van der Waals surface area contributed by atoms with Gasteiger partial charge in [-0.05, 0) is 24.6 Å². The number of amides is 1. The molecule has 2 aromatic heterocycles. The summed E-state index contributed by atoms with van der Waals surface area (Å²) in [6.45, 7) is 4.40. The summed E-state index contributed by atoms with van der Waals surface area (Å²) in [5.41, 5.74) is 1.27. The number of aromatic nitrogens is 4. The van der Waals surface area contributed by atoms with Crippen LogP contribution in [-0.2, 0) is 6.42 Å². The summed E-state index contributed by atoms with van der Waals surface area (Å²) >= 11 is 6.03. The number of hydrogen-bond donors (Lipinski definition) is 0. The number of carbonyl (C=O) groups is 1. The maximum absolute atomic E-state index is 13.2. The lowest BCUT2D eigenvalue weighted by Gasteiger charge is -2.36. The molecule has 9 heteroatoms. The van der Waals surface area contributed by atoms with E-state index in [0.29, 0.717) is 37.5 Å². The number of aryl methyl sites for hydroxylation is 1. The van der Waals surface area contributed by atoms with E-state index in [1.165, 1.54) is 18.5 Å². The maximum atomic E-state index is 13.2. The van der Waals surface area contributed by atoms with Crippen molar-refractivity contribution in [3.8, 4) is 0 Å². The predicted octanol–water partition coefficient (Wildman–Crippen LogP) is 2.44. The van der Waals surface area contributed by atoms with Crippen LogP contribution in [0.15, 0.2) is 30.6 Å². The molecule has 0 saturated carbocycles. The second-order valence-corrected chi connectivity index (χ2v) is 6.74. The van der Waals surface area contributed by atoms with Crippen molar-refractivity contribution in [2.75, 3.05) is 31.1 Å². The monoisotopic (exact) mass is 388 g/mol. The van der Waals surface area contributed by atoms with Gasteiger partial charge in [0, 0.05) is 37.9 Å². The zero-order chi connectivity index (χ0) is 19.0. The van der Waals surface area contributed by atoms with E-state index in [2.05, 4.69) is 20.0 Å². The van der Waals surface area contributed by atoms with Crippen molar-refractivity contribution >= 4 is 29.1 Å². The number of carbonyl (C=O) groups excluding carboxylic acids is 1. The molecule has 27 heavy (non-hydrogen) atoms. The average Bonchev–Trinajstić information content (AvgIpc) is 3.15. The van der Waals surface area contributed by atoms with Crippen LogP contribution in [0.4, 0.5) is 10.2 Å². The third kappa shape index (κ3) is 3.32. The van der Waals surface area contributed by atoms with Crippen LogP contribution in [-0.4, -0.2) is 56.6 Å². The average molecular weight is 389 g/mol. The largest absolute Gasteiger partial charge is 0.353 e. The van der Waals surface area contributed by atoms with Gasteiger partial charge in [0.15, 0.2) is 0 Å². The number of rotatable bonds is 3. The molecule has 7 nitrogen and oxygen atoms in total. The third-order valence-corrected chi connectivity index (χ3v) is 5.01. The fraction of sp³-hybridized carbons (Fsp3) is 0.333. The number of piperazine rings is 1. The highest BCUT2D eigenvalue weighted by Gasteiger charge is 2.25. The molecule has 3 aromatic rings. The Bertz CT molecular complexity index is 999. The number of fused-ring (bicyclic) bond motifs is 1. The van der Waals surface area contributed by atoms with Gasteiger partial charge in [-0.2, -0.15) is 14.6 Å². The van der Waals surface area contributed by atoms with Crippen LogP contribution in [0.5, 0.6) is 0 Å². The molecule has 1 fully saturated rings. The second-order valence-electron chi connectivity index (χ2n) is 6.33. The Morgan fingerprint density at radius 2 is 2.00 bits per heavy atom. The molecule has 1 amide bonds. The number of hydrogen-bond acceptors (Lipinski definition) is 5. The smallest absolute Gasteiger partial charge is 0.255 e. The first kappa shape index (κ1) is 17.7. The molecule has 4 rings (SSSR count). The van der Waals surface area contributed by atoms with E-state index in [9.17, 15) is 9.18 Å². The summed E-state index contributed by atoms with van der Waals surface area (Å²) in [7, 11) is 0. The van der Waals surface area contributed by atoms with Crippen molar-refractivity contribution < 1.29 is 9.18 Å². The highest BCUT2D eigenvalue weighted by atomic mass is 35.5. The Balaban J connectivity index is 1.52. The van der Waals surface area contributed by atoms with E-state index in [-0.39, 0.29) is 10.9 Å². The van der Waals surface area contributed by atoms with Crippen LogP contribution in [0.3, 0.4) is 0 Å². The van der Waals surface area contributed by atoms with E-state index in [4.69, 9.17) is 11.6 Å². The Morgan fingerprint density at radius 1 is 1.22 bits per heavy atom. The van der Waals surface area contributed by atoms with Crippen LogP contribution in [0.1, 0.15) is 23.0 Å². The van der Waals surface area contributed by atoms with Gasteiger partial charge in [-0.25, -0.2) is 9.37 Å². The van der Waals surface area contributed by atoms with Crippen molar-refractivity contribution in [1.82, 2.24) is 24.5 Å². The van der Waals surface area contributed by atoms with E-state index < -0.39 is 5.82 Å². The first-order chi connectivity index (χ1) is 13.1. The van der Waals surface area contributed by atoms with Gasteiger partial charge in [-0.1, -0.05) is 18.5 Å². The Labute approximate surface area is 160 Å². The van der Waals surface area contributed by atoms with Crippen LogP contribution < -0.4 is 4.90 Å². The Kier molecular flexibility index (Phi) is 4.65. The minimum Gasteiger partial charge on any atom is -0.353 e. The Morgan fingerprint density at radius 3 is 2.70 bits per heavy atom. The normalized spacial score (nSPS) is 14.8. The van der Waals surface area contributed by atoms with Gasteiger partial charge >= 0.3 is 0 Å². The number of nitrogens with zero attached hydrogens (tertiary/aromatic N) is 6. The zero-order valence-corrected chi connectivity index (χ0v) is 15.5. The Hall–Kier alpha value is -2.74. The molecule has 0 bridgehead atoms.